The molecule has 1 fully saturated rings. The Morgan fingerprint density at radius 2 is 2.24 bits per heavy atom. The Labute approximate surface area is 126 Å². The molecule has 1 saturated heterocycles. The van der Waals surface area contributed by atoms with E-state index >= 15 is 0 Å². The van der Waals surface area contributed by atoms with Crippen molar-refractivity contribution < 1.29 is 9.53 Å². The molecule has 1 aliphatic rings. The highest BCUT2D eigenvalue weighted by atomic mass is 16.5. The van der Waals surface area contributed by atoms with Gasteiger partial charge in [-0.1, -0.05) is 19.1 Å². The molecule has 5 heteroatoms. The van der Waals surface area contributed by atoms with Crippen molar-refractivity contribution in [2.45, 2.75) is 32.2 Å². The third kappa shape index (κ3) is 4.36. The minimum absolute atomic E-state index is 0.0532. The predicted molar refractivity (Wildman–Crippen MR) is 84.9 cm³/mol. The average molecular weight is 291 g/mol. The number of carbonyl (C=O) groups is 1. The fourth-order valence-electron chi connectivity index (χ4n) is 2.62. The van der Waals surface area contributed by atoms with Crippen LogP contribution in [0.5, 0.6) is 5.75 Å². The van der Waals surface area contributed by atoms with Crippen molar-refractivity contribution in [3.05, 3.63) is 24.3 Å². The van der Waals surface area contributed by atoms with Crippen molar-refractivity contribution in [2.24, 2.45) is 0 Å². The van der Waals surface area contributed by atoms with E-state index in [0.29, 0.717) is 17.5 Å². The molecule has 2 N–H and O–H groups in total. The second kappa shape index (κ2) is 7.88. The summed E-state index contributed by atoms with van der Waals surface area (Å²) in [6, 6.07) is 7.83. The molecule has 1 heterocycles. The van der Waals surface area contributed by atoms with E-state index in [0.717, 1.165) is 38.9 Å². The summed E-state index contributed by atoms with van der Waals surface area (Å²) >= 11 is 0. The fourth-order valence-corrected chi connectivity index (χ4v) is 2.62. The van der Waals surface area contributed by atoms with Gasteiger partial charge in [0.15, 0.2) is 0 Å². The molecular formula is C16H25N3O2. The van der Waals surface area contributed by atoms with Gasteiger partial charge in [0.05, 0.1) is 12.8 Å². The molecule has 116 valence electrons. The summed E-state index contributed by atoms with van der Waals surface area (Å²) in [7, 11) is 1.61. The number of hydrogen-bond acceptors (Lipinski definition) is 3. The maximum Gasteiger partial charge on any atom is 0.322 e. The Bertz CT molecular complexity index is 465. The van der Waals surface area contributed by atoms with Gasteiger partial charge in [-0.15, -0.1) is 0 Å². The van der Waals surface area contributed by atoms with Crippen LogP contribution in [0.15, 0.2) is 24.3 Å². The largest absolute Gasteiger partial charge is 0.495 e. The maximum atomic E-state index is 12.4. The lowest BCUT2D eigenvalue weighted by molar-refractivity contribution is 0.185. The smallest absolute Gasteiger partial charge is 0.322 e. The van der Waals surface area contributed by atoms with Crippen LogP contribution in [0.4, 0.5) is 10.5 Å². The van der Waals surface area contributed by atoms with E-state index in [2.05, 4.69) is 17.6 Å². The summed E-state index contributed by atoms with van der Waals surface area (Å²) in [5.74, 6) is 0.684. The summed E-state index contributed by atoms with van der Waals surface area (Å²) in [4.78, 5) is 14.3. The van der Waals surface area contributed by atoms with Crippen molar-refractivity contribution in [3.63, 3.8) is 0 Å². The molecular weight excluding hydrogens is 266 g/mol. The van der Waals surface area contributed by atoms with Gasteiger partial charge in [0.2, 0.25) is 0 Å². The van der Waals surface area contributed by atoms with Crippen LogP contribution >= 0.6 is 0 Å². The molecule has 5 nitrogen and oxygen atoms in total. The van der Waals surface area contributed by atoms with Gasteiger partial charge in [-0.3, -0.25) is 0 Å². The molecule has 0 aliphatic carbocycles. The van der Waals surface area contributed by atoms with E-state index in [1.807, 2.05) is 29.2 Å². The number of urea groups is 1. The average Bonchev–Trinajstić information content (AvgIpc) is 2.53. The highest BCUT2D eigenvalue weighted by Crippen LogP contribution is 2.23. The number of hydrogen-bond donors (Lipinski definition) is 2. The molecule has 1 aromatic carbocycles. The lowest BCUT2D eigenvalue weighted by Gasteiger charge is -2.33. The van der Waals surface area contributed by atoms with Gasteiger partial charge in [-0.25, -0.2) is 4.79 Å². The van der Waals surface area contributed by atoms with Crippen molar-refractivity contribution in [1.82, 2.24) is 10.2 Å². The van der Waals surface area contributed by atoms with Crippen LogP contribution in [0.2, 0.25) is 0 Å². The summed E-state index contributed by atoms with van der Waals surface area (Å²) in [5, 5.41) is 6.44. The van der Waals surface area contributed by atoms with Crippen molar-refractivity contribution in [3.8, 4) is 5.75 Å². The normalized spacial score (nSPS) is 18.4. The summed E-state index contributed by atoms with van der Waals surface area (Å²) in [5.41, 5.74) is 0.716. The number of methoxy groups -OCH3 is 1. The predicted octanol–water partition coefficient (Wildman–Crippen LogP) is 2.69. The number of nitrogens with one attached hydrogen (secondary N) is 2. The number of piperidine rings is 1. The number of rotatable bonds is 5. The number of likely N-dealkylation sites (tertiary alicyclic amines) is 1. The van der Waals surface area contributed by atoms with Crippen molar-refractivity contribution >= 4 is 11.7 Å². The van der Waals surface area contributed by atoms with E-state index in [-0.39, 0.29) is 6.03 Å². The molecule has 0 spiro atoms. The van der Waals surface area contributed by atoms with E-state index < -0.39 is 0 Å². The van der Waals surface area contributed by atoms with Gasteiger partial charge in [0.1, 0.15) is 5.75 Å². The molecule has 21 heavy (non-hydrogen) atoms. The number of ether oxygens (including phenoxy) is 1. The topological polar surface area (TPSA) is 53.6 Å². The zero-order valence-corrected chi connectivity index (χ0v) is 12.9. The van der Waals surface area contributed by atoms with Gasteiger partial charge in [-0.2, -0.15) is 0 Å². The Balaban J connectivity index is 1.93. The first-order valence-corrected chi connectivity index (χ1v) is 7.67. The van der Waals surface area contributed by atoms with Gasteiger partial charge in [0, 0.05) is 19.1 Å². The molecule has 0 aromatic heterocycles. The van der Waals surface area contributed by atoms with Crippen LogP contribution < -0.4 is 15.4 Å². The second-order valence-electron chi connectivity index (χ2n) is 5.37. The fraction of sp³-hybridized carbons (Fsp3) is 0.562. The molecule has 2 amide bonds. The summed E-state index contributed by atoms with van der Waals surface area (Å²) in [6.07, 6.45) is 3.29. The molecule has 1 aliphatic heterocycles. The van der Waals surface area contributed by atoms with Gasteiger partial charge < -0.3 is 20.3 Å². The van der Waals surface area contributed by atoms with E-state index in [4.69, 9.17) is 4.74 Å². The van der Waals surface area contributed by atoms with Crippen molar-refractivity contribution in [1.29, 1.82) is 0 Å². The Morgan fingerprint density at radius 3 is 3.00 bits per heavy atom. The van der Waals surface area contributed by atoms with Crippen LogP contribution in [0.25, 0.3) is 0 Å². The molecule has 1 aromatic rings. The van der Waals surface area contributed by atoms with Crippen LogP contribution in [0.3, 0.4) is 0 Å². The van der Waals surface area contributed by atoms with Gasteiger partial charge in [0.25, 0.3) is 0 Å². The zero-order chi connectivity index (χ0) is 15.1. The van der Waals surface area contributed by atoms with Crippen LogP contribution in [0.1, 0.15) is 26.2 Å². The molecule has 1 unspecified atom stereocenters. The second-order valence-corrected chi connectivity index (χ2v) is 5.37. The van der Waals surface area contributed by atoms with Gasteiger partial charge >= 0.3 is 6.03 Å². The summed E-state index contributed by atoms with van der Waals surface area (Å²) < 4.78 is 5.26. The number of carbonyl (C=O) groups excluding carboxylic acids is 1. The van der Waals surface area contributed by atoms with Gasteiger partial charge in [-0.05, 0) is 37.9 Å². The first-order valence-electron chi connectivity index (χ1n) is 7.67. The SMILES string of the molecule is CCCNC1CCCN(C(=O)Nc2ccccc2OC)C1. The van der Waals surface area contributed by atoms with E-state index in [1.54, 1.807) is 7.11 Å². The summed E-state index contributed by atoms with van der Waals surface area (Å²) in [6.45, 7) is 4.74. The number of nitrogens with zero attached hydrogens (tertiary/aromatic N) is 1. The maximum absolute atomic E-state index is 12.4. The highest BCUT2D eigenvalue weighted by Gasteiger charge is 2.23. The van der Waals surface area contributed by atoms with Crippen LogP contribution in [0, 0.1) is 0 Å². The van der Waals surface area contributed by atoms with Crippen LogP contribution in [-0.4, -0.2) is 43.7 Å². The Hall–Kier alpha value is -1.75. The molecule has 0 saturated carbocycles. The van der Waals surface area contributed by atoms with E-state index in [1.165, 1.54) is 0 Å². The third-order valence-corrected chi connectivity index (χ3v) is 3.74. The first kappa shape index (κ1) is 15.6. The van der Waals surface area contributed by atoms with Crippen molar-refractivity contribution in [2.75, 3.05) is 32.1 Å². The minimum atomic E-state index is -0.0532. The first-order chi connectivity index (χ1) is 10.2. The minimum Gasteiger partial charge on any atom is -0.495 e. The molecule has 1 atom stereocenters. The molecule has 2 rings (SSSR count). The lowest BCUT2D eigenvalue weighted by Crippen LogP contribution is -2.49. The third-order valence-electron chi connectivity index (χ3n) is 3.74. The molecule has 0 bridgehead atoms. The number of benzene rings is 1. The highest BCUT2D eigenvalue weighted by molar-refractivity contribution is 5.91. The van der Waals surface area contributed by atoms with Crippen LogP contribution in [-0.2, 0) is 0 Å². The Morgan fingerprint density at radius 1 is 1.43 bits per heavy atom. The van der Waals surface area contributed by atoms with E-state index in [9.17, 15) is 4.79 Å². The molecule has 0 radical (unpaired) electrons. The Kier molecular flexibility index (Phi) is 5.87. The number of amides is 2. The lowest BCUT2D eigenvalue weighted by atomic mass is 10.1. The monoisotopic (exact) mass is 291 g/mol. The quantitative estimate of drug-likeness (QED) is 0.877. The standard InChI is InChI=1S/C16H25N3O2/c1-3-10-17-13-7-6-11-19(12-13)16(20)18-14-8-4-5-9-15(14)21-2/h4-5,8-9,13,17H,3,6-7,10-12H2,1-2H3,(H,18,20). The number of anilines is 1. The zero-order valence-electron chi connectivity index (χ0n) is 12.9. The number of para-hydroxylation sites is 2.